The van der Waals surface area contributed by atoms with Crippen molar-refractivity contribution in [2.75, 3.05) is 11.9 Å². The van der Waals surface area contributed by atoms with E-state index in [1.807, 2.05) is 0 Å². The summed E-state index contributed by atoms with van der Waals surface area (Å²) in [5.41, 5.74) is 2.64. The molecule has 0 fully saturated rings. The van der Waals surface area contributed by atoms with Gasteiger partial charge in [0.1, 0.15) is 0 Å². The molecule has 0 radical (unpaired) electrons. The minimum atomic E-state index is 0.284. The van der Waals surface area contributed by atoms with Gasteiger partial charge in [-0.3, -0.25) is 0 Å². The minimum absolute atomic E-state index is 0.284. The van der Waals surface area contributed by atoms with E-state index in [0.717, 1.165) is 18.3 Å². The smallest absolute Gasteiger partial charge is 0.0576 e. The highest BCUT2D eigenvalue weighted by Gasteiger charge is 2.11. The second-order valence-corrected chi connectivity index (χ2v) is 5.04. The van der Waals surface area contributed by atoms with Crippen LogP contribution < -0.4 is 5.32 Å². The van der Waals surface area contributed by atoms with Gasteiger partial charge in [-0.1, -0.05) is 76.6 Å². The number of halogens is 1. The van der Waals surface area contributed by atoms with Crippen LogP contribution in [0.5, 0.6) is 0 Å². The predicted molar refractivity (Wildman–Crippen MR) is 81.1 cm³/mol. The molecule has 2 aromatic carbocycles. The van der Waals surface area contributed by atoms with Crippen molar-refractivity contribution in [2.45, 2.75) is 12.5 Å². The summed E-state index contributed by atoms with van der Waals surface area (Å²) in [6, 6.07) is 21.5. The van der Waals surface area contributed by atoms with Crippen LogP contribution in [0.2, 0.25) is 0 Å². The topological polar surface area (TPSA) is 12.0 Å². The molecule has 0 amide bonds. The average molecular weight is 304 g/mol. The van der Waals surface area contributed by atoms with E-state index in [9.17, 15) is 0 Å². The molecule has 18 heavy (non-hydrogen) atoms. The highest BCUT2D eigenvalue weighted by molar-refractivity contribution is 9.09. The normalized spacial score (nSPS) is 10.8. The molecule has 0 saturated carbocycles. The number of alkyl halides is 1. The number of nitrogens with one attached hydrogen (secondary N) is 1. The molecule has 0 heterocycles. The second-order valence-electron chi connectivity index (χ2n) is 4.25. The predicted octanol–water partition coefficient (Wildman–Crippen LogP) is 4.15. The molecule has 2 rings (SSSR count). The van der Waals surface area contributed by atoms with Crippen molar-refractivity contribution in [3.8, 4) is 0 Å². The van der Waals surface area contributed by atoms with Crippen LogP contribution in [-0.2, 0) is 0 Å². The summed E-state index contributed by atoms with van der Waals surface area (Å²) in [7, 11) is 0. The Labute approximate surface area is 117 Å². The maximum absolute atomic E-state index is 3.62. The van der Waals surface area contributed by atoms with E-state index in [1.54, 1.807) is 0 Å². The third-order valence-electron chi connectivity index (χ3n) is 2.92. The van der Waals surface area contributed by atoms with Crippen molar-refractivity contribution in [3.63, 3.8) is 0 Å². The third-order valence-corrected chi connectivity index (χ3v) is 3.49. The Balaban J connectivity index is 2.18. The van der Waals surface area contributed by atoms with E-state index >= 15 is 0 Å². The van der Waals surface area contributed by atoms with E-state index in [4.69, 9.17) is 0 Å². The Morgan fingerprint density at radius 2 is 1.33 bits per heavy atom. The number of rotatable bonds is 6. The summed E-state index contributed by atoms with van der Waals surface area (Å²) in [6.45, 7) is 1.01. The van der Waals surface area contributed by atoms with Gasteiger partial charge in [0.15, 0.2) is 0 Å². The van der Waals surface area contributed by atoms with Crippen molar-refractivity contribution in [1.29, 1.82) is 0 Å². The lowest BCUT2D eigenvalue weighted by molar-refractivity contribution is 0.601. The van der Waals surface area contributed by atoms with Crippen LogP contribution >= 0.6 is 15.9 Å². The molecular weight excluding hydrogens is 286 g/mol. The van der Waals surface area contributed by atoms with Gasteiger partial charge in [-0.25, -0.2) is 0 Å². The SMILES string of the molecule is BrCCCNC(c1ccccc1)c1ccccc1. The Bertz CT molecular complexity index is 402. The van der Waals surface area contributed by atoms with Crippen LogP contribution in [0.4, 0.5) is 0 Å². The molecule has 1 nitrogen and oxygen atoms in total. The first kappa shape index (κ1) is 13.3. The van der Waals surface area contributed by atoms with Crippen LogP contribution in [0.3, 0.4) is 0 Å². The fourth-order valence-corrected chi connectivity index (χ4v) is 2.31. The van der Waals surface area contributed by atoms with Crippen molar-refractivity contribution < 1.29 is 0 Å². The van der Waals surface area contributed by atoms with E-state index < -0.39 is 0 Å². The molecule has 1 N–H and O–H groups in total. The highest BCUT2D eigenvalue weighted by Crippen LogP contribution is 2.21. The van der Waals surface area contributed by atoms with Crippen LogP contribution in [0.1, 0.15) is 23.6 Å². The molecular formula is C16H18BrN. The van der Waals surface area contributed by atoms with Crippen molar-refractivity contribution in [1.82, 2.24) is 5.32 Å². The summed E-state index contributed by atoms with van der Waals surface area (Å²) < 4.78 is 0. The van der Waals surface area contributed by atoms with Gasteiger partial charge in [0, 0.05) is 5.33 Å². The van der Waals surface area contributed by atoms with Gasteiger partial charge in [-0.05, 0) is 24.1 Å². The molecule has 0 aliphatic rings. The number of hydrogen-bond acceptors (Lipinski definition) is 1. The summed E-state index contributed by atoms with van der Waals surface area (Å²) in [5.74, 6) is 0. The van der Waals surface area contributed by atoms with Gasteiger partial charge in [0.05, 0.1) is 6.04 Å². The molecule has 0 aliphatic carbocycles. The van der Waals surface area contributed by atoms with E-state index in [1.165, 1.54) is 11.1 Å². The van der Waals surface area contributed by atoms with Gasteiger partial charge < -0.3 is 5.32 Å². The minimum Gasteiger partial charge on any atom is -0.306 e. The molecule has 0 spiro atoms. The quantitative estimate of drug-likeness (QED) is 0.624. The van der Waals surface area contributed by atoms with Crippen LogP contribution in [0, 0.1) is 0 Å². The second kappa shape index (κ2) is 7.34. The maximum atomic E-state index is 3.62. The van der Waals surface area contributed by atoms with Crippen molar-refractivity contribution in [2.24, 2.45) is 0 Å². The van der Waals surface area contributed by atoms with Crippen LogP contribution in [0.15, 0.2) is 60.7 Å². The van der Waals surface area contributed by atoms with E-state index in [2.05, 4.69) is 81.9 Å². The van der Waals surface area contributed by atoms with Crippen molar-refractivity contribution in [3.05, 3.63) is 71.8 Å². The Morgan fingerprint density at radius 1 is 0.833 bits per heavy atom. The van der Waals surface area contributed by atoms with Crippen LogP contribution in [-0.4, -0.2) is 11.9 Å². The van der Waals surface area contributed by atoms with Crippen LogP contribution in [0.25, 0.3) is 0 Å². The fourth-order valence-electron chi connectivity index (χ4n) is 2.03. The summed E-state index contributed by atoms with van der Waals surface area (Å²) in [6.07, 6.45) is 1.14. The molecule has 0 bridgehead atoms. The lowest BCUT2D eigenvalue weighted by atomic mass is 9.99. The standard InChI is InChI=1S/C16H18BrN/c17-12-7-13-18-16(14-8-3-1-4-9-14)15-10-5-2-6-11-15/h1-6,8-11,16,18H,7,12-13H2. The summed E-state index contributed by atoms with van der Waals surface area (Å²) in [4.78, 5) is 0. The molecule has 94 valence electrons. The Kier molecular flexibility index (Phi) is 5.43. The zero-order chi connectivity index (χ0) is 12.6. The Hall–Kier alpha value is -1.12. The number of hydrogen-bond donors (Lipinski definition) is 1. The summed E-state index contributed by atoms with van der Waals surface area (Å²) in [5, 5.41) is 4.66. The molecule has 0 saturated heterocycles. The lowest BCUT2D eigenvalue weighted by Crippen LogP contribution is -2.23. The molecule has 2 aromatic rings. The maximum Gasteiger partial charge on any atom is 0.0576 e. The zero-order valence-corrected chi connectivity index (χ0v) is 11.9. The van der Waals surface area contributed by atoms with E-state index in [-0.39, 0.29) is 6.04 Å². The highest BCUT2D eigenvalue weighted by atomic mass is 79.9. The van der Waals surface area contributed by atoms with Gasteiger partial charge in [-0.15, -0.1) is 0 Å². The molecule has 0 unspecified atom stereocenters. The first-order valence-electron chi connectivity index (χ1n) is 6.31. The van der Waals surface area contributed by atoms with Gasteiger partial charge in [0.25, 0.3) is 0 Å². The largest absolute Gasteiger partial charge is 0.306 e. The Morgan fingerprint density at radius 3 is 1.78 bits per heavy atom. The average Bonchev–Trinajstić information content (AvgIpc) is 2.46. The number of benzene rings is 2. The van der Waals surface area contributed by atoms with Crippen molar-refractivity contribution >= 4 is 15.9 Å². The van der Waals surface area contributed by atoms with Gasteiger partial charge >= 0.3 is 0 Å². The molecule has 0 aromatic heterocycles. The van der Waals surface area contributed by atoms with E-state index in [0.29, 0.717) is 0 Å². The monoisotopic (exact) mass is 303 g/mol. The van der Waals surface area contributed by atoms with Gasteiger partial charge in [0.2, 0.25) is 0 Å². The molecule has 2 heteroatoms. The zero-order valence-electron chi connectivity index (χ0n) is 10.4. The fraction of sp³-hybridized carbons (Fsp3) is 0.250. The third kappa shape index (κ3) is 3.69. The molecule has 0 aliphatic heterocycles. The summed E-state index contributed by atoms with van der Waals surface area (Å²) >= 11 is 3.47. The first-order chi connectivity index (χ1) is 8.92. The lowest BCUT2D eigenvalue weighted by Gasteiger charge is -2.19. The first-order valence-corrected chi connectivity index (χ1v) is 7.43. The molecule has 0 atom stereocenters. The van der Waals surface area contributed by atoms with Gasteiger partial charge in [-0.2, -0.15) is 0 Å².